The summed E-state index contributed by atoms with van der Waals surface area (Å²) in [5.41, 5.74) is 2.06. The number of carboxylic acids is 1. The molecular weight excluding hydrogens is 414 g/mol. The quantitative estimate of drug-likeness (QED) is 0.639. The number of hydrogen-bond donors (Lipinski definition) is 2. The molecule has 10 nitrogen and oxygen atoms in total. The number of carbonyl (C=O) groups excluding carboxylic acids is 2. The Hall–Kier alpha value is -4.18. The summed E-state index contributed by atoms with van der Waals surface area (Å²) >= 11 is 0. The highest BCUT2D eigenvalue weighted by Gasteiger charge is 2.53. The molecule has 10 heteroatoms. The van der Waals surface area contributed by atoms with Crippen LogP contribution in [0.1, 0.15) is 28.9 Å². The number of nitrogens with zero attached hydrogens (tertiary/aromatic N) is 4. The molecule has 0 aliphatic carbocycles. The van der Waals surface area contributed by atoms with Crippen molar-refractivity contribution in [1.29, 1.82) is 0 Å². The topological polar surface area (TPSA) is 117 Å². The lowest BCUT2D eigenvalue weighted by Crippen LogP contribution is -2.38. The predicted octanol–water partition coefficient (Wildman–Crippen LogP) is 3.01. The van der Waals surface area contributed by atoms with Crippen molar-refractivity contribution >= 4 is 23.7 Å². The molecule has 5 rings (SSSR count). The van der Waals surface area contributed by atoms with Crippen molar-refractivity contribution in [2.75, 3.05) is 11.9 Å². The fourth-order valence-electron chi connectivity index (χ4n) is 3.98. The Balaban J connectivity index is 1.44. The van der Waals surface area contributed by atoms with Crippen LogP contribution in [0.3, 0.4) is 0 Å². The van der Waals surface area contributed by atoms with Crippen LogP contribution in [-0.2, 0) is 16.2 Å². The maximum Gasteiger partial charge on any atom is 0.346 e. The molecule has 2 aliphatic heterocycles. The van der Waals surface area contributed by atoms with Gasteiger partial charge < -0.3 is 15.3 Å². The van der Waals surface area contributed by atoms with Gasteiger partial charge in [-0.2, -0.15) is 14.8 Å². The zero-order valence-electron chi connectivity index (χ0n) is 16.8. The summed E-state index contributed by atoms with van der Waals surface area (Å²) in [4.78, 5) is 44.6. The van der Waals surface area contributed by atoms with Gasteiger partial charge in [0.15, 0.2) is 6.04 Å². The summed E-state index contributed by atoms with van der Waals surface area (Å²) in [6, 6.07) is 15.2. The van der Waals surface area contributed by atoms with Crippen molar-refractivity contribution in [3.05, 3.63) is 83.7 Å². The SMILES string of the molecule is O=C(O)[C@@H]1c2nn(C(=O)Nc3ccccc3)cc2[C@@H]2CN1C(=O)N2OCc1ccccc1. The highest BCUT2D eigenvalue weighted by atomic mass is 16.7. The van der Waals surface area contributed by atoms with E-state index >= 15 is 0 Å². The van der Waals surface area contributed by atoms with Gasteiger partial charge in [0, 0.05) is 17.4 Å². The summed E-state index contributed by atoms with van der Waals surface area (Å²) in [5.74, 6) is -1.23. The molecule has 2 N–H and O–H groups in total. The van der Waals surface area contributed by atoms with Crippen molar-refractivity contribution in [2.45, 2.75) is 18.7 Å². The minimum absolute atomic E-state index is 0.129. The number of carbonyl (C=O) groups is 3. The number of hydroxylamine groups is 2. The van der Waals surface area contributed by atoms with Crippen molar-refractivity contribution in [2.24, 2.45) is 0 Å². The zero-order chi connectivity index (χ0) is 22.2. The van der Waals surface area contributed by atoms with Gasteiger partial charge >= 0.3 is 18.0 Å². The smallest absolute Gasteiger partial charge is 0.346 e. The number of amides is 3. The standard InChI is InChI=1S/C22H19N5O5/c28-20(29)19-18-16(11-26(24-18)21(30)23-15-9-5-2-6-10-15)17-12-25(19)22(31)27(17)32-13-14-7-3-1-4-8-14/h1-11,17,19H,12-13H2,(H,23,30)(H,28,29)/t17-,19-/m0/s1. The normalized spacial score (nSPS) is 19.1. The van der Waals surface area contributed by atoms with E-state index in [4.69, 9.17) is 4.84 Å². The van der Waals surface area contributed by atoms with E-state index in [-0.39, 0.29) is 18.8 Å². The minimum atomic E-state index is -1.30. The highest BCUT2D eigenvalue weighted by Crippen LogP contribution is 2.43. The van der Waals surface area contributed by atoms with E-state index in [9.17, 15) is 19.5 Å². The third kappa shape index (κ3) is 3.36. The third-order valence-corrected chi connectivity index (χ3v) is 5.47. The Morgan fingerprint density at radius 1 is 1.09 bits per heavy atom. The number of aliphatic carboxylic acids is 1. The highest BCUT2D eigenvalue weighted by molar-refractivity contribution is 5.91. The van der Waals surface area contributed by atoms with E-state index in [1.807, 2.05) is 36.4 Å². The van der Waals surface area contributed by atoms with E-state index in [1.54, 1.807) is 24.3 Å². The van der Waals surface area contributed by atoms with Gasteiger partial charge in [-0.15, -0.1) is 0 Å². The molecule has 2 aliphatic rings. The number of nitrogens with one attached hydrogen (secondary N) is 1. The van der Waals surface area contributed by atoms with Crippen LogP contribution in [-0.4, -0.2) is 49.4 Å². The first kappa shape index (κ1) is 19.8. The largest absolute Gasteiger partial charge is 0.479 e. The first-order valence-electron chi connectivity index (χ1n) is 9.98. The lowest BCUT2D eigenvalue weighted by atomic mass is 9.98. The number of rotatable bonds is 5. The fraction of sp³-hybridized carbons (Fsp3) is 0.182. The summed E-state index contributed by atoms with van der Waals surface area (Å²) < 4.78 is 1.06. The van der Waals surface area contributed by atoms with Crippen molar-refractivity contribution in [3.8, 4) is 0 Å². The van der Waals surface area contributed by atoms with Gasteiger partial charge in [0.1, 0.15) is 18.3 Å². The van der Waals surface area contributed by atoms with E-state index in [2.05, 4.69) is 10.4 Å². The number of anilines is 1. The molecule has 3 amide bonds. The lowest BCUT2D eigenvalue weighted by molar-refractivity contribution is -0.143. The second kappa shape index (κ2) is 7.82. The Labute approximate surface area is 182 Å². The lowest BCUT2D eigenvalue weighted by Gasteiger charge is -2.26. The molecular formula is C22H19N5O5. The first-order valence-corrected chi connectivity index (χ1v) is 9.98. The Bertz CT molecular complexity index is 1180. The molecule has 0 saturated carbocycles. The second-order valence-electron chi connectivity index (χ2n) is 7.49. The molecule has 162 valence electrons. The maximum absolute atomic E-state index is 12.9. The molecule has 32 heavy (non-hydrogen) atoms. The van der Waals surface area contributed by atoms with Crippen LogP contribution in [0.4, 0.5) is 15.3 Å². The first-order chi connectivity index (χ1) is 15.5. The molecule has 3 aromatic rings. The number of aromatic nitrogens is 2. The van der Waals surface area contributed by atoms with E-state index in [1.165, 1.54) is 16.2 Å². The second-order valence-corrected chi connectivity index (χ2v) is 7.49. The van der Waals surface area contributed by atoms with Gasteiger partial charge in [-0.25, -0.2) is 14.4 Å². The van der Waals surface area contributed by atoms with Gasteiger partial charge in [-0.3, -0.25) is 4.84 Å². The molecule has 0 radical (unpaired) electrons. The van der Waals surface area contributed by atoms with Crippen LogP contribution < -0.4 is 5.32 Å². The van der Waals surface area contributed by atoms with Crippen molar-refractivity contribution < 1.29 is 24.3 Å². The molecule has 1 aromatic heterocycles. The van der Waals surface area contributed by atoms with E-state index in [0.717, 1.165) is 10.2 Å². The van der Waals surface area contributed by atoms with Crippen LogP contribution in [0.2, 0.25) is 0 Å². The van der Waals surface area contributed by atoms with Crippen LogP contribution in [0.5, 0.6) is 0 Å². The Morgan fingerprint density at radius 2 is 1.78 bits per heavy atom. The monoisotopic (exact) mass is 433 g/mol. The number of carboxylic acid groups (broad SMARTS) is 1. The molecule has 1 saturated heterocycles. The number of urea groups is 1. The number of hydrogen-bond acceptors (Lipinski definition) is 5. The molecule has 1 fully saturated rings. The summed E-state index contributed by atoms with van der Waals surface area (Å²) in [7, 11) is 0. The van der Waals surface area contributed by atoms with Gasteiger partial charge in [0.25, 0.3) is 0 Å². The summed E-state index contributed by atoms with van der Waals surface area (Å²) in [6.45, 7) is 0.274. The number of fused-ring (bicyclic) bond motifs is 4. The minimum Gasteiger partial charge on any atom is -0.479 e. The molecule has 2 bridgehead atoms. The zero-order valence-corrected chi connectivity index (χ0v) is 16.8. The third-order valence-electron chi connectivity index (χ3n) is 5.47. The van der Waals surface area contributed by atoms with Crippen LogP contribution in [0.15, 0.2) is 66.9 Å². The maximum atomic E-state index is 12.9. The van der Waals surface area contributed by atoms with Gasteiger partial charge in [-0.05, 0) is 17.7 Å². The molecule has 3 heterocycles. The van der Waals surface area contributed by atoms with Crippen molar-refractivity contribution in [3.63, 3.8) is 0 Å². The van der Waals surface area contributed by atoms with E-state index < -0.39 is 30.1 Å². The predicted molar refractivity (Wildman–Crippen MR) is 111 cm³/mol. The molecule has 0 unspecified atom stereocenters. The van der Waals surface area contributed by atoms with Crippen LogP contribution >= 0.6 is 0 Å². The van der Waals surface area contributed by atoms with Crippen molar-refractivity contribution in [1.82, 2.24) is 19.7 Å². The Morgan fingerprint density at radius 3 is 2.47 bits per heavy atom. The van der Waals surface area contributed by atoms with Crippen LogP contribution in [0.25, 0.3) is 0 Å². The van der Waals surface area contributed by atoms with E-state index in [0.29, 0.717) is 11.3 Å². The average molecular weight is 433 g/mol. The Kier molecular flexibility index (Phi) is 4.83. The average Bonchev–Trinajstić information content (AvgIpc) is 3.35. The molecule has 2 aromatic carbocycles. The number of benzene rings is 2. The van der Waals surface area contributed by atoms with Gasteiger partial charge in [-0.1, -0.05) is 48.5 Å². The fourth-order valence-corrected chi connectivity index (χ4v) is 3.98. The van der Waals surface area contributed by atoms with Gasteiger partial charge in [0.05, 0.1) is 6.54 Å². The summed E-state index contributed by atoms with van der Waals surface area (Å²) in [6.07, 6.45) is 1.46. The van der Waals surface area contributed by atoms with Gasteiger partial charge in [0.2, 0.25) is 0 Å². The molecule has 2 atom stereocenters. The number of para-hydroxylation sites is 1. The molecule has 0 spiro atoms. The summed E-state index contributed by atoms with van der Waals surface area (Å²) in [5, 5.41) is 17.9. The van der Waals surface area contributed by atoms with Crippen LogP contribution in [0, 0.1) is 0 Å².